The first kappa shape index (κ1) is 15.2. The molecule has 0 radical (unpaired) electrons. The maximum atomic E-state index is 11.9. The Kier molecular flexibility index (Phi) is 4.32. The number of hydrogen-bond acceptors (Lipinski definition) is 5. The van der Waals surface area contributed by atoms with Crippen molar-refractivity contribution in [2.45, 2.75) is 9.79 Å². The topological polar surface area (TPSA) is 123 Å². The van der Waals surface area contributed by atoms with E-state index in [1.165, 1.54) is 16.9 Å². The maximum absolute atomic E-state index is 11.9. The van der Waals surface area contributed by atoms with Crippen LogP contribution in [0.2, 0.25) is 0 Å². The molecule has 1 rings (SSSR count). The molecule has 0 saturated carbocycles. The molecule has 1 aromatic rings. The van der Waals surface area contributed by atoms with Crippen LogP contribution in [-0.2, 0) is 19.9 Å². The summed E-state index contributed by atoms with van der Waals surface area (Å²) in [4.78, 5) is 9.70. The van der Waals surface area contributed by atoms with Crippen molar-refractivity contribution >= 4 is 25.9 Å². The van der Waals surface area contributed by atoms with Crippen molar-refractivity contribution in [1.82, 2.24) is 4.72 Å². The van der Waals surface area contributed by atoms with Crippen LogP contribution in [0, 0.1) is 0 Å². The van der Waals surface area contributed by atoms with Crippen LogP contribution in [0.3, 0.4) is 0 Å². The minimum atomic E-state index is -4.33. The average molecular weight is 304 g/mol. The first-order valence-corrected chi connectivity index (χ1v) is 8.09. The van der Waals surface area contributed by atoms with E-state index in [1.54, 1.807) is 0 Å². The van der Waals surface area contributed by atoms with Crippen LogP contribution >= 0.6 is 0 Å². The third-order valence-corrected chi connectivity index (χ3v) is 5.28. The summed E-state index contributed by atoms with van der Waals surface area (Å²) < 4.78 is 48.9. The van der Waals surface area contributed by atoms with Crippen molar-refractivity contribution in [3.05, 3.63) is 36.9 Å². The zero-order valence-corrected chi connectivity index (χ0v) is 11.4. The molecule has 0 aliphatic carbocycles. The summed E-state index contributed by atoms with van der Waals surface area (Å²) in [5.74, 6) is -0.421. The van der Waals surface area contributed by atoms with Crippen LogP contribution in [0.25, 0.3) is 0 Å². The zero-order valence-electron chi connectivity index (χ0n) is 9.74. The summed E-state index contributed by atoms with van der Waals surface area (Å²) in [6.45, 7) is 3.29. The smallest absolute Gasteiger partial charge is 0.326 e. The lowest BCUT2D eigenvalue weighted by atomic mass is 10.4. The highest BCUT2D eigenvalue weighted by Gasteiger charge is 2.26. The van der Waals surface area contributed by atoms with Gasteiger partial charge in [0.25, 0.3) is 10.0 Å². The Labute approximate surface area is 111 Å². The fourth-order valence-electron chi connectivity index (χ4n) is 1.36. The molecular formula is C10H12N2O5S2. The Bertz CT molecular complexity index is 707. The van der Waals surface area contributed by atoms with Gasteiger partial charge in [0.15, 0.2) is 9.84 Å². The molecule has 0 spiro atoms. The molecule has 0 atom stereocenters. The van der Waals surface area contributed by atoms with E-state index in [-0.39, 0.29) is 0 Å². The number of urea groups is 1. The number of hydrogen-bond donors (Lipinski definition) is 2. The first-order valence-electron chi connectivity index (χ1n) is 4.95. The van der Waals surface area contributed by atoms with Crippen LogP contribution in [0.4, 0.5) is 4.79 Å². The van der Waals surface area contributed by atoms with E-state index in [2.05, 4.69) is 6.58 Å². The molecule has 0 fully saturated rings. The van der Waals surface area contributed by atoms with Crippen molar-refractivity contribution in [1.29, 1.82) is 0 Å². The molecule has 0 bridgehead atoms. The third-order valence-electron chi connectivity index (χ3n) is 2.05. The van der Waals surface area contributed by atoms with Crippen molar-refractivity contribution in [3.63, 3.8) is 0 Å². The van der Waals surface area contributed by atoms with E-state index in [1.807, 2.05) is 0 Å². The highest BCUT2D eigenvalue weighted by Crippen LogP contribution is 2.21. The number of carbonyl (C=O) groups excluding carboxylic acids is 1. The zero-order chi connectivity index (χ0) is 14.7. The highest BCUT2D eigenvalue weighted by atomic mass is 32.2. The maximum Gasteiger partial charge on any atom is 0.326 e. The second-order valence-corrected chi connectivity index (χ2v) is 7.14. The molecule has 19 heavy (non-hydrogen) atoms. The summed E-state index contributed by atoms with van der Waals surface area (Å²) in [5.41, 5.74) is 4.74. The molecule has 0 aliphatic rings. The normalized spacial score (nSPS) is 11.8. The molecule has 7 nitrogen and oxygen atoms in total. The van der Waals surface area contributed by atoms with Crippen LogP contribution in [0.15, 0.2) is 46.7 Å². The van der Waals surface area contributed by atoms with Gasteiger partial charge in [-0.2, -0.15) is 0 Å². The lowest BCUT2D eigenvalue weighted by Gasteiger charge is -2.10. The Morgan fingerprint density at radius 1 is 1.21 bits per heavy atom. The first-order chi connectivity index (χ1) is 8.70. The summed E-state index contributed by atoms with van der Waals surface area (Å²) in [6, 6.07) is 3.62. The Morgan fingerprint density at radius 3 is 2.21 bits per heavy atom. The standard InChI is InChI=1S/C10H12N2O5S2/c1-2-7-18(14,15)8-5-3-4-6-9(8)19(16,17)12-10(11)13/h2-6H,1,7H2,(H3,11,12,13). The second kappa shape index (κ2) is 5.41. The van der Waals surface area contributed by atoms with Crippen LogP contribution in [-0.4, -0.2) is 28.6 Å². The minimum Gasteiger partial charge on any atom is -0.351 e. The summed E-state index contributed by atoms with van der Waals surface area (Å²) in [6.07, 6.45) is 1.14. The number of sulfone groups is 1. The van der Waals surface area contributed by atoms with Gasteiger partial charge in [-0.25, -0.2) is 26.4 Å². The van der Waals surface area contributed by atoms with E-state index in [0.717, 1.165) is 18.2 Å². The molecule has 0 heterocycles. The van der Waals surface area contributed by atoms with Gasteiger partial charge >= 0.3 is 6.03 Å². The predicted molar refractivity (Wildman–Crippen MR) is 68.6 cm³/mol. The number of benzene rings is 1. The van der Waals surface area contributed by atoms with E-state index in [9.17, 15) is 21.6 Å². The van der Waals surface area contributed by atoms with Gasteiger partial charge in [0.2, 0.25) is 0 Å². The van der Waals surface area contributed by atoms with E-state index >= 15 is 0 Å². The number of primary amides is 1. The quantitative estimate of drug-likeness (QED) is 0.741. The van der Waals surface area contributed by atoms with Gasteiger partial charge < -0.3 is 5.73 Å². The predicted octanol–water partition coefficient (Wildman–Crippen LogP) is 0.00330. The average Bonchev–Trinajstić information content (AvgIpc) is 2.27. The molecule has 104 valence electrons. The van der Waals surface area contributed by atoms with Crippen molar-refractivity contribution in [2.75, 3.05) is 5.75 Å². The molecular weight excluding hydrogens is 292 g/mol. The largest absolute Gasteiger partial charge is 0.351 e. The molecule has 9 heteroatoms. The molecule has 0 unspecified atom stereocenters. The number of nitrogens with two attached hydrogens (primary N) is 1. The van der Waals surface area contributed by atoms with Crippen molar-refractivity contribution in [3.8, 4) is 0 Å². The van der Waals surface area contributed by atoms with Gasteiger partial charge in [-0.15, -0.1) is 6.58 Å². The lowest BCUT2D eigenvalue weighted by molar-refractivity contribution is 0.253. The lowest BCUT2D eigenvalue weighted by Crippen LogP contribution is -2.35. The number of carbonyl (C=O) groups is 1. The molecule has 3 N–H and O–H groups in total. The second-order valence-electron chi connectivity index (χ2n) is 3.49. The van der Waals surface area contributed by atoms with Crippen LogP contribution in [0.5, 0.6) is 0 Å². The fraction of sp³-hybridized carbons (Fsp3) is 0.100. The summed E-state index contributed by atoms with van der Waals surface area (Å²) >= 11 is 0. The van der Waals surface area contributed by atoms with Crippen molar-refractivity contribution < 1.29 is 21.6 Å². The summed E-state index contributed by atoms with van der Waals surface area (Å²) in [5, 5.41) is 0. The number of nitrogens with one attached hydrogen (secondary N) is 1. The molecule has 0 aromatic heterocycles. The van der Waals surface area contributed by atoms with E-state index in [4.69, 9.17) is 5.73 Å². The minimum absolute atomic E-state index is 0.413. The van der Waals surface area contributed by atoms with E-state index in [0.29, 0.717) is 0 Å². The van der Waals surface area contributed by atoms with Gasteiger partial charge in [-0.1, -0.05) is 18.2 Å². The van der Waals surface area contributed by atoms with Crippen LogP contribution in [0.1, 0.15) is 0 Å². The van der Waals surface area contributed by atoms with Crippen molar-refractivity contribution in [2.24, 2.45) is 5.73 Å². The fourth-order valence-corrected chi connectivity index (χ4v) is 4.19. The van der Waals surface area contributed by atoms with Gasteiger partial charge in [0, 0.05) is 0 Å². The van der Waals surface area contributed by atoms with Crippen LogP contribution < -0.4 is 10.5 Å². The van der Waals surface area contributed by atoms with Gasteiger partial charge in [-0.05, 0) is 12.1 Å². The Balaban J connectivity index is 3.48. The molecule has 1 aromatic carbocycles. The third kappa shape index (κ3) is 3.55. The molecule has 0 aliphatic heterocycles. The molecule has 0 saturated heterocycles. The monoisotopic (exact) mass is 304 g/mol. The highest BCUT2D eigenvalue weighted by molar-refractivity contribution is 7.94. The number of rotatable bonds is 5. The van der Waals surface area contributed by atoms with E-state index < -0.39 is 41.4 Å². The SMILES string of the molecule is C=CCS(=O)(=O)c1ccccc1S(=O)(=O)NC(N)=O. The van der Waals surface area contributed by atoms with Gasteiger partial charge in [0.1, 0.15) is 4.90 Å². The number of sulfonamides is 1. The Hall–Kier alpha value is -1.87. The summed E-state index contributed by atoms with van der Waals surface area (Å²) in [7, 11) is -8.18. The van der Waals surface area contributed by atoms with Gasteiger partial charge in [-0.3, -0.25) is 0 Å². The Morgan fingerprint density at radius 2 is 1.74 bits per heavy atom. The number of amides is 2. The molecule has 2 amide bonds. The van der Waals surface area contributed by atoms with Gasteiger partial charge in [0.05, 0.1) is 10.6 Å².